The van der Waals surface area contributed by atoms with E-state index in [1.807, 2.05) is 17.7 Å². The van der Waals surface area contributed by atoms with Gasteiger partial charge >= 0.3 is 0 Å². The molecule has 0 atom stereocenters. The molecule has 1 N–H and O–H groups in total. The summed E-state index contributed by atoms with van der Waals surface area (Å²) in [7, 11) is -2.24. The van der Waals surface area contributed by atoms with Gasteiger partial charge in [-0.15, -0.1) is 0 Å². The van der Waals surface area contributed by atoms with Crippen molar-refractivity contribution < 1.29 is 13.2 Å². The molecule has 8 heteroatoms. The molecule has 0 saturated heterocycles. The van der Waals surface area contributed by atoms with E-state index < -0.39 is 10.0 Å². The SMILES string of the molecule is COc1cc(NS(=O)(=O)c2cc(Cl)ccc2C)ccc1-n1cnc(C)c1. The molecular formula is C18H18ClN3O3S. The number of benzene rings is 2. The summed E-state index contributed by atoms with van der Waals surface area (Å²) in [6, 6.07) is 9.82. The normalized spacial score (nSPS) is 11.4. The largest absolute Gasteiger partial charge is 0.494 e. The van der Waals surface area contributed by atoms with E-state index in [1.54, 1.807) is 43.6 Å². The van der Waals surface area contributed by atoms with Crippen LogP contribution in [0.2, 0.25) is 5.02 Å². The van der Waals surface area contributed by atoms with Crippen molar-refractivity contribution in [3.8, 4) is 11.4 Å². The van der Waals surface area contributed by atoms with Crippen LogP contribution in [0.1, 0.15) is 11.3 Å². The Morgan fingerprint density at radius 1 is 1.15 bits per heavy atom. The van der Waals surface area contributed by atoms with Gasteiger partial charge in [0.2, 0.25) is 0 Å². The molecule has 136 valence electrons. The summed E-state index contributed by atoms with van der Waals surface area (Å²) in [5.74, 6) is 0.519. The highest BCUT2D eigenvalue weighted by molar-refractivity contribution is 7.92. The van der Waals surface area contributed by atoms with Crippen LogP contribution in [-0.4, -0.2) is 25.1 Å². The van der Waals surface area contributed by atoms with Crippen molar-refractivity contribution in [2.24, 2.45) is 0 Å². The van der Waals surface area contributed by atoms with Crippen molar-refractivity contribution in [3.05, 3.63) is 65.2 Å². The van der Waals surface area contributed by atoms with Gasteiger partial charge in [-0.2, -0.15) is 0 Å². The predicted octanol–water partition coefficient (Wildman–Crippen LogP) is 3.95. The first-order chi connectivity index (χ1) is 12.3. The summed E-state index contributed by atoms with van der Waals surface area (Å²) in [5.41, 5.74) is 2.63. The quantitative estimate of drug-likeness (QED) is 0.714. The number of imidazole rings is 1. The Hall–Kier alpha value is -2.51. The Balaban J connectivity index is 1.96. The van der Waals surface area contributed by atoms with Gasteiger partial charge in [0.05, 0.1) is 35.4 Å². The van der Waals surface area contributed by atoms with Gasteiger partial charge in [0.1, 0.15) is 5.75 Å². The Bertz CT molecular complexity index is 1060. The fourth-order valence-corrected chi connectivity index (χ4v) is 4.14. The first-order valence-corrected chi connectivity index (χ1v) is 9.64. The second-order valence-corrected chi connectivity index (χ2v) is 7.91. The van der Waals surface area contributed by atoms with E-state index in [1.165, 1.54) is 13.2 Å². The maximum absolute atomic E-state index is 12.7. The smallest absolute Gasteiger partial charge is 0.262 e. The lowest BCUT2D eigenvalue weighted by Gasteiger charge is -2.14. The van der Waals surface area contributed by atoms with E-state index in [0.717, 1.165) is 11.4 Å². The van der Waals surface area contributed by atoms with Gasteiger partial charge in [0.15, 0.2) is 0 Å². The van der Waals surface area contributed by atoms with E-state index in [4.69, 9.17) is 16.3 Å². The zero-order chi connectivity index (χ0) is 18.9. The highest BCUT2D eigenvalue weighted by Gasteiger charge is 2.18. The van der Waals surface area contributed by atoms with Crippen molar-refractivity contribution >= 4 is 27.3 Å². The number of anilines is 1. The van der Waals surface area contributed by atoms with Gasteiger partial charge in [-0.25, -0.2) is 13.4 Å². The number of methoxy groups -OCH3 is 1. The lowest BCUT2D eigenvalue weighted by Crippen LogP contribution is -2.14. The van der Waals surface area contributed by atoms with Crippen LogP contribution in [0, 0.1) is 13.8 Å². The molecule has 0 unspecified atom stereocenters. The zero-order valence-electron chi connectivity index (χ0n) is 14.5. The molecule has 6 nitrogen and oxygen atoms in total. The van der Waals surface area contributed by atoms with Gasteiger partial charge in [0.25, 0.3) is 10.0 Å². The van der Waals surface area contributed by atoms with Gasteiger partial charge in [-0.3, -0.25) is 4.72 Å². The second kappa shape index (κ2) is 7.01. The lowest BCUT2D eigenvalue weighted by molar-refractivity contribution is 0.413. The van der Waals surface area contributed by atoms with Crippen LogP contribution < -0.4 is 9.46 Å². The zero-order valence-corrected chi connectivity index (χ0v) is 16.1. The third kappa shape index (κ3) is 3.68. The second-order valence-electron chi connectivity index (χ2n) is 5.82. The highest BCUT2D eigenvalue weighted by atomic mass is 35.5. The Morgan fingerprint density at radius 3 is 2.58 bits per heavy atom. The molecule has 0 radical (unpaired) electrons. The van der Waals surface area contributed by atoms with Gasteiger partial charge in [-0.1, -0.05) is 17.7 Å². The monoisotopic (exact) mass is 391 g/mol. The minimum atomic E-state index is -3.77. The van der Waals surface area contributed by atoms with Crippen molar-refractivity contribution in [1.82, 2.24) is 9.55 Å². The maximum Gasteiger partial charge on any atom is 0.262 e. The lowest BCUT2D eigenvalue weighted by atomic mass is 10.2. The fourth-order valence-electron chi connectivity index (χ4n) is 2.58. The number of aryl methyl sites for hydroxylation is 2. The Morgan fingerprint density at radius 2 is 1.92 bits per heavy atom. The average Bonchev–Trinajstić information content (AvgIpc) is 3.02. The molecular weight excluding hydrogens is 374 g/mol. The highest BCUT2D eigenvalue weighted by Crippen LogP contribution is 2.29. The number of nitrogens with zero attached hydrogens (tertiary/aromatic N) is 2. The molecule has 0 aliphatic rings. The van der Waals surface area contributed by atoms with Gasteiger partial charge in [-0.05, 0) is 43.7 Å². The molecule has 3 rings (SSSR count). The summed E-state index contributed by atoms with van der Waals surface area (Å²) >= 11 is 5.94. The van der Waals surface area contributed by atoms with E-state index in [0.29, 0.717) is 22.0 Å². The summed E-state index contributed by atoms with van der Waals surface area (Å²) in [4.78, 5) is 4.33. The molecule has 1 heterocycles. The van der Waals surface area contributed by atoms with Gasteiger partial charge in [0, 0.05) is 17.3 Å². The minimum absolute atomic E-state index is 0.137. The molecule has 26 heavy (non-hydrogen) atoms. The van der Waals surface area contributed by atoms with Crippen molar-refractivity contribution in [1.29, 1.82) is 0 Å². The fraction of sp³-hybridized carbons (Fsp3) is 0.167. The summed E-state index contributed by atoms with van der Waals surface area (Å²) in [5, 5.41) is 0.361. The van der Waals surface area contributed by atoms with Crippen LogP contribution in [0.4, 0.5) is 5.69 Å². The van der Waals surface area contributed by atoms with E-state index in [9.17, 15) is 8.42 Å². The molecule has 0 saturated carbocycles. The predicted molar refractivity (Wildman–Crippen MR) is 102 cm³/mol. The molecule has 2 aromatic carbocycles. The standard InChI is InChI=1S/C18H18ClN3O3S/c1-12-4-5-14(19)8-18(12)26(23,24)21-15-6-7-16(17(9-15)25-3)22-10-13(2)20-11-22/h4-11,21H,1-3H3. The molecule has 0 bridgehead atoms. The molecule has 0 aliphatic heterocycles. The molecule has 0 aliphatic carbocycles. The van der Waals surface area contributed by atoms with E-state index in [2.05, 4.69) is 9.71 Å². The van der Waals surface area contributed by atoms with Crippen LogP contribution in [0.5, 0.6) is 5.75 Å². The first kappa shape index (κ1) is 18.3. The summed E-state index contributed by atoms with van der Waals surface area (Å²) in [6.45, 7) is 3.61. The number of ether oxygens (including phenoxy) is 1. The number of hydrogen-bond donors (Lipinski definition) is 1. The molecule has 0 spiro atoms. The van der Waals surface area contributed by atoms with Crippen molar-refractivity contribution in [3.63, 3.8) is 0 Å². The molecule has 3 aromatic rings. The van der Waals surface area contributed by atoms with Crippen LogP contribution in [0.3, 0.4) is 0 Å². The topological polar surface area (TPSA) is 73.2 Å². The molecule has 0 fully saturated rings. The number of hydrogen-bond acceptors (Lipinski definition) is 4. The average molecular weight is 392 g/mol. The maximum atomic E-state index is 12.7. The van der Waals surface area contributed by atoms with E-state index in [-0.39, 0.29) is 4.90 Å². The van der Waals surface area contributed by atoms with Crippen LogP contribution in [-0.2, 0) is 10.0 Å². The van der Waals surface area contributed by atoms with Crippen molar-refractivity contribution in [2.75, 3.05) is 11.8 Å². The third-order valence-corrected chi connectivity index (χ3v) is 5.62. The first-order valence-electron chi connectivity index (χ1n) is 7.78. The minimum Gasteiger partial charge on any atom is -0.494 e. The van der Waals surface area contributed by atoms with Crippen molar-refractivity contribution in [2.45, 2.75) is 18.7 Å². The molecule has 1 aromatic heterocycles. The number of halogens is 1. The van der Waals surface area contributed by atoms with Crippen LogP contribution in [0.25, 0.3) is 5.69 Å². The molecule has 0 amide bonds. The van der Waals surface area contributed by atoms with Gasteiger partial charge < -0.3 is 9.30 Å². The van der Waals surface area contributed by atoms with E-state index >= 15 is 0 Å². The summed E-state index contributed by atoms with van der Waals surface area (Å²) < 4.78 is 35.2. The number of sulfonamides is 1. The number of rotatable bonds is 5. The third-order valence-electron chi connectivity index (χ3n) is 3.86. The number of nitrogens with one attached hydrogen (secondary N) is 1. The number of aromatic nitrogens is 2. The summed E-state index contributed by atoms with van der Waals surface area (Å²) in [6.07, 6.45) is 3.53. The van der Waals surface area contributed by atoms with Crippen LogP contribution >= 0.6 is 11.6 Å². The van der Waals surface area contributed by atoms with Crippen LogP contribution in [0.15, 0.2) is 53.8 Å². The Kier molecular flexibility index (Phi) is 4.93. The Labute approximate surface area is 157 Å².